The molecule has 22 heavy (non-hydrogen) atoms. The zero-order valence-corrected chi connectivity index (χ0v) is 13.4. The van der Waals surface area contributed by atoms with Gasteiger partial charge in [0, 0.05) is 52.4 Å². The molecule has 0 radical (unpaired) electrons. The smallest absolute Gasteiger partial charge is 0.244 e. The Labute approximate surface area is 132 Å². The molecule has 1 amide bonds. The number of carbonyl (C=O) groups excluding carboxylic acids is 1. The van der Waals surface area contributed by atoms with Crippen LogP contribution in [0, 0.1) is 0 Å². The summed E-state index contributed by atoms with van der Waals surface area (Å²) in [5.74, 6) is 0.261. The largest absolute Gasteiger partial charge is 0.338 e. The Balaban J connectivity index is 1.81. The van der Waals surface area contributed by atoms with Crippen molar-refractivity contribution in [2.75, 3.05) is 59.4 Å². The summed E-state index contributed by atoms with van der Waals surface area (Å²) in [6, 6.07) is 10.1. The number of benzene rings is 1. The van der Waals surface area contributed by atoms with E-state index in [4.69, 9.17) is 0 Å². The Kier molecular flexibility index (Phi) is 5.08. The van der Waals surface area contributed by atoms with Crippen molar-refractivity contribution in [2.45, 2.75) is 6.04 Å². The maximum atomic E-state index is 13.1. The number of piperazine rings is 2. The summed E-state index contributed by atoms with van der Waals surface area (Å²) in [5, 5.41) is 3.32. The molecule has 0 aromatic heterocycles. The SMILES string of the molecule is CN1CCN(C(C(=O)N2CCNCC2)c2ccccc2)CC1. The van der Waals surface area contributed by atoms with Crippen LogP contribution in [0.1, 0.15) is 11.6 Å². The standard InChI is InChI=1S/C17H26N4O/c1-19-11-13-20(14-12-19)16(15-5-3-2-4-6-15)17(22)21-9-7-18-8-10-21/h2-6,16,18H,7-14H2,1H3. The van der Waals surface area contributed by atoms with E-state index < -0.39 is 0 Å². The van der Waals surface area contributed by atoms with Crippen molar-refractivity contribution in [1.29, 1.82) is 0 Å². The number of hydrogen-bond acceptors (Lipinski definition) is 4. The normalized spacial score (nSPS) is 22.5. The third kappa shape index (κ3) is 3.48. The molecule has 3 rings (SSSR count). The van der Waals surface area contributed by atoms with Gasteiger partial charge in [0.15, 0.2) is 0 Å². The fourth-order valence-electron chi connectivity index (χ4n) is 3.28. The molecule has 2 heterocycles. The van der Waals surface area contributed by atoms with Crippen LogP contribution in [-0.2, 0) is 4.79 Å². The number of carbonyl (C=O) groups is 1. The minimum Gasteiger partial charge on any atom is -0.338 e. The highest BCUT2D eigenvalue weighted by Gasteiger charge is 2.33. The molecule has 2 saturated heterocycles. The summed E-state index contributed by atoms with van der Waals surface area (Å²) in [4.78, 5) is 19.8. The average Bonchev–Trinajstić information content (AvgIpc) is 2.58. The predicted octanol–water partition coefficient (Wildman–Crippen LogP) is 0.407. The summed E-state index contributed by atoms with van der Waals surface area (Å²) in [5.41, 5.74) is 1.12. The van der Waals surface area contributed by atoms with Crippen molar-refractivity contribution in [3.63, 3.8) is 0 Å². The Hall–Kier alpha value is -1.43. The molecule has 0 bridgehead atoms. The quantitative estimate of drug-likeness (QED) is 0.878. The minimum absolute atomic E-state index is 0.131. The van der Waals surface area contributed by atoms with Gasteiger partial charge in [0.25, 0.3) is 0 Å². The molecular formula is C17H26N4O. The fraction of sp³-hybridized carbons (Fsp3) is 0.588. The van der Waals surface area contributed by atoms with Crippen LogP contribution >= 0.6 is 0 Å². The Morgan fingerprint density at radius 3 is 2.27 bits per heavy atom. The van der Waals surface area contributed by atoms with Gasteiger partial charge in [-0.05, 0) is 12.6 Å². The summed E-state index contributed by atoms with van der Waals surface area (Å²) in [7, 11) is 2.15. The Bertz CT molecular complexity index is 479. The lowest BCUT2D eigenvalue weighted by Gasteiger charge is -2.40. The van der Waals surface area contributed by atoms with Crippen LogP contribution in [0.15, 0.2) is 30.3 Å². The third-order valence-corrected chi connectivity index (χ3v) is 4.68. The monoisotopic (exact) mass is 302 g/mol. The van der Waals surface area contributed by atoms with E-state index >= 15 is 0 Å². The minimum atomic E-state index is -0.131. The van der Waals surface area contributed by atoms with E-state index in [0.29, 0.717) is 0 Å². The first-order chi connectivity index (χ1) is 10.8. The van der Waals surface area contributed by atoms with Crippen LogP contribution in [0.5, 0.6) is 0 Å². The van der Waals surface area contributed by atoms with Crippen molar-refractivity contribution in [3.8, 4) is 0 Å². The van der Waals surface area contributed by atoms with Gasteiger partial charge >= 0.3 is 0 Å². The molecule has 1 N–H and O–H groups in total. The zero-order chi connectivity index (χ0) is 15.4. The Morgan fingerprint density at radius 2 is 1.64 bits per heavy atom. The maximum absolute atomic E-state index is 13.1. The van der Waals surface area contributed by atoms with Crippen LogP contribution < -0.4 is 5.32 Å². The molecule has 0 spiro atoms. The van der Waals surface area contributed by atoms with E-state index in [9.17, 15) is 4.79 Å². The molecule has 1 unspecified atom stereocenters. The van der Waals surface area contributed by atoms with Gasteiger partial charge in [-0.1, -0.05) is 30.3 Å². The van der Waals surface area contributed by atoms with Gasteiger partial charge in [0.1, 0.15) is 6.04 Å². The highest BCUT2D eigenvalue weighted by molar-refractivity contribution is 5.83. The first kappa shape index (κ1) is 15.5. The van der Waals surface area contributed by atoms with Gasteiger partial charge in [-0.25, -0.2) is 0 Å². The molecule has 2 fully saturated rings. The lowest BCUT2D eigenvalue weighted by atomic mass is 10.0. The topological polar surface area (TPSA) is 38.8 Å². The van der Waals surface area contributed by atoms with Crippen LogP contribution in [-0.4, -0.2) is 80.0 Å². The second-order valence-electron chi connectivity index (χ2n) is 6.23. The summed E-state index contributed by atoms with van der Waals surface area (Å²) >= 11 is 0. The van der Waals surface area contributed by atoms with Gasteiger partial charge in [-0.15, -0.1) is 0 Å². The first-order valence-corrected chi connectivity index (χ1v) is 8.23. The fourth-order valence-corrected chi connectivity index (χ4v) is 3.28. The molecule has 5 nitrogen and oxygen atoms in total. The number of nitrogens with one attached hydrogen (secondary N) is 1. The molecule has 2 aliphatic heterocycles. The van der Waals surface area contributed by atoms with Gasteiger partial charge in [0.05, 0.1) is 0 Å². The van der Waals surface area contributed by atoms with Gasteiger partial charge in [-0.2, -0.15) is 0 Å². The third-order valence-electron chi connectivity index (χ3n) is 4.68. The summed E-state index contributed by atoms with van der Waals surface area (Å²) in [6.07, 6.45) is 0. The van der Waals surface area contributed by atoms with E-state index in [-0.39, 0.29) is 11.9 Å². The highest BCUT2D eigenvalue weighted by Crippen LogP contribution is 2.24. The molecule has 2 aliphatic rings. The van der Waals surface area contributed by atoms with E-state index in [1.807, 2.05) is 23.1 Å². The summed E-state index contributed by atoms with van der Waals surface area (Å²) < 4.78 is 0. The van der Waals surface area contributed by atoms with Crippen molar-refractivity contribution < 1.29 is 4.79 Å². The van der Waals surface area contributed by atoms with E-state index in [0.717, 1.165) is 57.9 Å². The second-order valence-corrected chi connectivity index (χ2v) is 6.23. The molecule has 120 valence electrons. The number of rotatable bonds is 3. The van der Waals surface area contributed by atoms with Crippen molar-refractivity contribution >= 4 is 5.91 Å². The average molecular weight is 302 g/mol. The lowest BCUT2D eigenvalue weighted by molar-refractivity contribution is -0.138. The second kappa shape index (κ2) is 7.22. The first-order valence-electron chi connectivity index (χ1n) is 8.23. The Morgan fingerprint density at radius 1 is 1.00 bits per heavy atom. The van der Waals surface area contributed by atoms with Crippen LogP contribution in [0.4, 0.5) is 0 Å². The predicted molar refractivity (Wildman–Crippen MR) is 87.7 cm³/mol. The van der Waals surface area contributed by atoms with E-state index in [2.05, 4.69) is 34.3 Å². The van der Waals surface area contributed by atoms with Gasteiger partial charge in [-0.3, -0.25) is 9.69 Å². The van der Waals surface area contributed by atoms with Crippen molar-refractivity contribution in [3.05, 3.63) is 35.9 Å². The van der Waals surface area contributed by atoms with Crippen molar-refractivity contribution in [1.82, 2.24) is 20.0 Å². The number of nitrogens with zero attached hydrogens (tertiary/aromatic N) is 3. The lowest BCUT2D eigenvalue weighted by Crippen LogP contribution is -2.53. The molecule has 1 aromatic rings. The zero-order valence-electron chi connectivity index (χ0n) is 13.4. The van der Waals surface area contributed by atoms with E-state index in [1.54, 1.807) is 0 Å². The number of hydrogen-bond donors (Lipinski definition) is 1. The molecule has 0 aliphatic carbocycles. The van der Waals surface area contributed by atoms with Gasteiger partial charge in [0.2, 0.25) is 5.91 Å². The van der Waals surface area contributed by atoms with Crippen LogP contribution in [0.25, 0.3) is 0 Å². The maximum Gasteiger partial charge on any atom is 0.244 e. The highest BCUT2D eigenvalue weighted by atomic mass is 16.2. The molecule has 5 heteroatoms. The summed E-state index contributed by atoms with van der Waals surface area (Å²) in [6.45, 7) is 7.38. The van der Waals surface area contributed by atoms with Crippen LogP contribution in [0.2, 0.25) is 0 Å². The molecule has 1 aromatic carbocycles. The van der Waals surface area contributed by atoms with Crippen molar-refractivity contribution in [2.24, 2.45) is 0 Å². The van der Waals surface area contributed by atoms with Crippen LogP contribution in [0.3, 0.4) is 0 Å². The number of amides is 1. The molecule has 1 atom stereocenters. The van der Waals surface area contributed by atoms with E-state index in [1.165, 1.54) is 0 Å². The molecular weight excluding hydrogens is 276 g/mol. The molecule has 0 saturated carbocycles. The van der Waals surface area contributed by atoms with Gasteiger partial charge < -0.3 is 15.1 Å². The number of likely N-dealkylation sites (N-methyl/N-ethyl adjacent to an activating group) is 1.